The van der Waals surface area contributed by atoms with Crippen LogP contribution in [0.4, 0.5) is 0 Å². The van der Waals surface area contributed by atoms with Crippen molar-refractivity contribution < 1.29 is 0 Å². The molecule has 1 heteroatoms. The van der Waals surface area contributed by atoms with Gasteiger partial charge in [0.1, 0.15) is 0 Å². The molecule has 0 spiro atoms. The fourth-order valence-corrected chi connectivity index (χ4v) is 6.35. The molecule has 0 radical (unpaired) electrons. The molecule has 0 aromatic heterocycles. The first-order valence-electron chi connectivity index (χ1n) is 14.2. The van der Waals surface area contributed by atoms with Crippen molar-refractivity contribution in [2.75, 3.05) is 0 Å². The highest BCUT2D eigenvalue weighted by atomic mass is 15.0. The highest BCUT2D eigenvalue weighted by molar-refractivity contribution is 4.94. The first kappa shape index (κ1) is 29.0. The molecule has 0 bridgehead atoms. The first-order chi connectivity index (χ1) is 14.4. The highest BCUT2D eigenvalue weighted by Crippen LogP contribution is 2.43. The van der Waals surface area contributed by atoms with Gasteiger partial charge in [0.05, 0.1) is 0 Å². The summed E-state index contributed by atoms with van der Waals surface area (Å²) in [6.45, 7) is 24.6. The van der Waals surface area contributed by atoms with Gasteiger partial charge in [-0.3, -0.25) is 0 Å². The van der Waals surface area contributed by atoms with Crippen LogP contribution in [-0.2, 0) is 0 Å². The van der Waals surface area contributed by atoms with Gasteiger partial charge < -0.3 is 5.32 Å². The average molecular weight is 436 g/mol. The summed E-state index contributed by atoms with van der Waals surface area (Å²) in [5.41, 5.74) is 0.761. The second kappa shape index (κ2) is 13.6. The Labute approximate surface area is 198 Å². The zero-order chi connectivity index (χ0) is 23.7. The van der Waals surface area contributed by atoms with Crippen molar-refractivity contribution in [1.82, 2.24) is 5.32 Å². The van der Waals surface area contributed by atoms with Gasteiger partial charge in [-0.05, 0) is 74.0 Å². The van der Waals surface area contributed by atoms with Gasteiger partial charge in [0.2, 0.25) is 0 Å². The van der Waals surface area contributed by atoms with Gasteiger partial charge in [-0.1, -0.05) is 107 Å². The third kappa shape index (κ3) is 9.77. The summed E-state index contributed by atoms with van der Waals surface area (Å²) in [5.74, 6) is 4.26. The number of rotatable bonds is 12. The van der Waals surface area contributed by atoms with E-state index in [1.165, 1.54) is 77.0 Å². The van der Waals surface area contributed by atoms with Crippen molar-refractivity contribution in [1.29, 1.82) is 0 Å². The van der Waals surface area contributed by atoms with Crippen LogP contribution in [-0.4, -0.2) is 11.6 Å². The fraction of sp³-hybridized carbons (Fsp3) is 1.00. The Bertz CT molecular complexity index is 467. The van der Waals surface area contributed by atoms with E-state index in [4.69, 9.17) is 0 Å². The zero-order valence-electron chi connectivity index (χ0n) is 23.4. The van der Waals surface area contributed by atoms with Crippen LogP contribution in [0.25, 0.3) is 0 Å². The summed E-state index contributed by atoms with van der Waals surface area (Å²) < 4.78 is 0. The van der Waals surface area contributed by atoms with Crippen molar-refractivity contribution in [3.05, 3.63) is 0 Å². The Balaban J connectivity index is 2.93. The van der Waals surface area contributed by atoms with Crippen LogP contribution < -0.4 is 5.32 Å². The van der Waals surface area contributed by atoms with Gasteiger partial charge in [-0.2, -0.15) is 0 Å². The lowest BCUT2D eigenvalue weighted by Crippen LogP contribution is -2.53. The molecule has 0 heterocycles. The molecule has 1 rings (SSSR count). The Hall–Kier alpha value is -0.0400. The second-order valence-electron chi connectivity index (χ2n) is 12.9. The van der Waals surface area contributed by atoms with Crippen LogP contribution in [0.1, 0.15) is 146 Å². The monoisotopic (exact) mass is 435 g/mol. The standard InChI is InChI=1S/C30H61N/c1-11-24(5)17-15-18-28(29(8,9)12-2)20-19-27-22-25(6)16-13-14-21-30(10,26(27)7)31-23(3)4/h23-28,31H,11-22H2,1-10H3. The van der Waals surface area contributed by atoms with E-state index in [0.29, 0.717) is 11.5 Å². The molecule has 0 saturated heterocycles. The minimum absolute atomic E-state index is 0.287. The van der Waals surface area contributed by atoms with Gasteiger partial charge in [0.15, 0.2) is 0 Å². The van der Waals surface area contributed by atoms with Crippen molar-refractivity contribution >= 4 is 0 Å². The summed E-state index contributed by atoms with van der Waals surface area (Å²) >= 11 is 0. The highest BCUT2D eigenvalue weighted by Gasteiger charge is 2.38. The molecule has 6 unspecified atom stereocenters. The Morgan fingerprint density at radius 3 is 2.26 bits per heavy atom. The molecule has 1 nitrogen and oxygen atoms in total. The van der Waals surface area contributed by atoms with Crippen molar-refractivity contribution in [3.8, 4) is 0 Å². The van der Waals surface area contributed by atoms with E-state index in [-0.39, 0.29) is 5.54 Å². The fourth-order valence-electron chi connectivity index (χ4n) is 6.35. The maximum atomic E-state index is 4.03. The van der Waals surface area contributed by atoms with E-state index in [1.807, 2.05) is 0 Å². The summed E-state index contributed by atoms with van der Waals surface area (Å²) in [5, 5.41) is 4.03. The number of hydrogen-bond donors (Lipinski definition) is 1. The third-order valence-corrected chi connectivity index (χ3v) is 9.53. The lowest BCUT2D eigenvalue weighted by atomic mass is 9.67. The smallest absolute Gasteiger partial charge is 0.0183 e. The molecular formula is C30H61N. The Morgan fingerprint density at radius 2 is 1.68 bits per heavy atom. The number of nitrogens with one attached hydrogen (secondary N) is 1. The quantitative estimate of drug-likeness (QED) is 0.321. The van der Waals surface area contributed by atoms with E-state index in [0.717, 1.165) is 29.6 Å². The lowest BCUT2D eigenvalue weighted by molar-refractivity contribution is 0.110. The minimum atomic E-state index is 0.287. The summed E-state index contributed by atoms with van der Waals surface area (Å²) in [4.78, 5) is 0. The molecule has 6 atom stereocenters. The lowest BCUT2D eigenvalue weighted by Gasteiger charge is -2.44. The molecule has 1 aliphatic carbocycles. The van der Waals surface area contributed by atoms with Crippen LogP contribution >= 0.6 is 0 Å². The van der Waals surface area contributed by atoms with Crippen LogP contribution in [0.15, 0.2) is 0 Å². The van der Waals surface area contributed by atoms with E-state index < -0.39 is 0 Å². The molecular weight excluding hydrogens is 374 g/mol. The largest absolute Gasteiger partial charge is 0.309 e. The van der Waals surface area contributed by atoms with E-state index >= 15 is 0 Å². The molecule has 0 aliphatic heterocycles. The van der Waals surface area contributed by atoms with Gasteiger partial charge in [-0.15, -0.1) is 0 Å². The summed E-state index contributed by atoms with van der Waals surface area (Å²) in [6.07, 6.45) is 16.8. The van der Waals surface area contributed by atoms with Crippen LogP contribution in [0, 0.1) is 35.0 Å². The Kier molecular flexibility index (Phi) is 12.7. The van der Waals surface area contributed by atoms with Gasteiger partial charge in [-0.25, -0.2) is 0 Å². The van der Waals surface area contributed by atoms with E-state index in [9.17, 15) is 0 Å². The first-order valence-corrected chi connectivity index (χ1v) is 14.2. The SMILES string of the molecule is CCC(C)CCCC(CCC1CC(C)CCCCC(C)(NC(C)C)C1C)C(C)(C)CC. The average Bonchev–Trinajstić information content (AvgIpc) is 2.75. The second-order valence-corrected chi connectivity index (χ2v) is 12.9. The third-order valence-electron chi connectivity index (χ3n) is 9.53. The van der Waals surface area contributed by atoms with Gasteiger partial charge >= 0.3 is 0 Å². The predicted octanol–water partition coefficient (Wildman–Crippen LogP) is 9.64. The van der Waals surface area contributed by atoms with Crippen molar-refractivity contribution in [2.24, 2.45) is 35.0 Å². The number of hydrogen-bond acceptors (Lipinski definition) is 1. The van der Waals surface area contributed by atoms with Crippen molar-refractivity contribution in [3.63, 3.8) is 0 Å². The van der Waals surface area contributed by atoms with Crippen LogP contribution in [0.2, 0.25) is 0 Å². The molecule has 0 aromatic carbocycles. The topological polar surface area (TPSA) is 12.0 Å². The normalized spacial score (nSPS) is 30.5. The van der Waals surface area contributed by atoms with Crippen molar-refractivity contribution in [2.45, 2.75) is 158 Å². The molecule has 1 aliphatic rings. The minimum Gasteiger partial charge on any atom is -0.309 e. The summed E-state index contributed by atoms with van der Waals surface area (Å²) in [6, 6.07) is 0.568. The maximum absolute atomic E-state index is 4.03. The molecule has 1 N–H and O–H groups in total. The van der Waals surface area contributed by atoms with E-state index in [1.54, 1.807) is 0 Å². The zero-order valence-corrected chi connectivity index (χ0v) is 23.4. The molecule has 186 valence electrons. The molecule has 1 fully saturated rings. The molecule has 0 amide bonds. The van der Waals surface area contributed by atoms with Gasteiger partial charge in [0, 0.05) is 11.6 Å². The van der Waals surface area contributed by atoms with Crippen LogP contribution in [0.3, 0.4) is 0 Å². The molecule has 1 saturated carbocycles. The maximum Gasteiger partial charge on any atom is 0.0183 e. The van der Waals surface area contributed by atoms with E-state index in [2.05, 4.69) is 74.6 Å². The van der Waals surface area contributed by atoms with Gasteiger partial charge in [0.25, 0.3) is 0 Å². The Morgan fingerprint density at radius 1 is 1.00 bits per heavy atom. The predicted molar refractivity (Wildman–Crippen MR) is 142 cm³/mol. The summed E-state index contributed by atoms with van der Waals surface area (Å²) in [7, 11) is 0. The van der Waals surface area contributed by atoms with Crippen LogP contribution in [0.5, 0.6) is 0 Å². The molecule has 0 aromatic rings. The molecule has 31 heavy (non-hydrogen) atoms.